The Kier molecular flexibility index (Phi) is 7.94. The zero-order valence-corrected chi connectivity index (χ0v) is 14.2. The molecule has 3 nitrogen and oxygen atoms in total. The Balaban J connectivity index is 2.42. The summed E-state index contributed by atoms with van der Waals surface area (Å²) in [6, 6.07) is 9.03. The molecule has 0 amide bonds. The summed E-state index contributed by atoms with van der Waals surface area (Å²) >= 11 is 0. The van der Waals surface area contributed by atoms with E-state index in [1.165, 1.54) is 11.1 Å². The van der Waals surface area contributed by atoms with Gasteiger partial charge in [0.05, 0.1) is 31.5 Å². The van der Waals surface area contributed by atoms with Gasteiger partial charge in [-0.25, -0.2) is 0 Å². The van der Waals surface area contributed by atoms with Crippen molar-refractivity contribution < 1.29 is 9.47 Å². The smallest absolute Gasteiger partial charge is 0.0707 e. The first-order valence-corrected chi connectivity index (χ1v) is 8.00. The van der Waals surface area contributed by atoms with Crippen LogP contribution in [0.25, 0.3) is 0 Å². The molecule has 0 aliphatic heterocycles. The molecule has 1 rings (SSSR count). The molecule has 0 aliphatic carbocycles. The van der Waals surface area contributed by atoms with Crippen LogP contribution in [0.15, 0.2) is 24.3 Å². The first-order valence-electron chi connectivity index (χ1n) is 8.00. The van der Waals surface area contributed by atoms with E-state index in [0.717, 1.165) is 13.0 Å². The van der Waals surface area contributed by atoms with Gasteiger partial charge in [0.1, 0.15) is 0 Å². The molecule has 120 valence electrons. The Bertz CT molecular complexity index is 381. The third-order valence-electron chi connectivity index (χ3n) is 3.29. The van der Waals surface area contributed by atoms with Crippen LogP contribution in [0.5, 0.6) is 0 Å². The molecule has 0 fully saturated rings. The normalized spacial score (nSPS) is 13.4. The Morgan fingerprint density at radius 2 is 1.71 bits per heavy atom. The second-order valence-corrected chi connectivity index (χ2v) is 6.24. The lowest BCUT2D eigenvalue weighted by Gasteiger charge is -2.21. The third kappa shape index (κ3) is 7.60. The molecule has 0 aliphatic rings. The highest BCUT2D eigenvalue weighted by Gasteiger charge is 2.12. The first kappa shape index (κ1) is 18.1. The standard InChI is InChI=1S/C18H31NO2/c1-6-15-8-10-16(11-9-15)17(19-7-2)14-20-12-13-21-18(3,4)5/h8-11,17,19H,6-7,12-14H2,1-5H3. The maximum absolute atomic E-state index is 5.77. The number of hydrogen-bond acceptors (Lipinski definition) is 3. The highest BCUT2D eigenvalue weighted by atomic mass is 16.5. The van der Waals surface area contributed by atoms with E-state index in [1.807, 2.05) is 0 Å². The minimum atomic E-state index is -0.0968. The van der Waals surface area contributed by atoms with Crippen molar-refractivity contribution in [3.05, 3.63) is 35.4 Å². The predicted molar refractivity (Wildman–Crippen MR) is 88.8 cm³/mol. The number of ether oxygens (including phenoxy) is 2. The average Bonchev–Trinajstić information content (AvgIpc) is 2.45. The fourth-order valence-corrected chi connectivity index (χ4v) is 2.11. The van der Waals surface area contributed by atoms with E-state index in [0.29, 0.717) is 19.8 Å². The minimum Gasteiger partial charge on any atom is -0.377 e. The van der Waals surface area contributed by atoms with E-state index in [4.69, 9.17) is 9.47 Å². The fraction of sp³-hybridized carbons (Fsp3) is 0.667. The summed E-state index contributed by atoms with van der Waals surface area (Å²) in [5.41, 5.74) is 2.56. The second-order valence-electron chi connectivity index (χ2n) is 6.24. The third-order valence-corrected chi connectivity index (χ3v) is 3.29. The molecule has 0 saturated heterocycles. The van der Waals surface area contributed by atoms with Gasteiger partial charge in [0, 0.05) is 0 Å². The van der Waals surface area contributed by atoms with Crippen molar-refractivity contribution in [2.24, 2.45) is 0 Å². The van der Waals surface area contributed by atoms with Gasteiger partial charge in [0.15, 0.2) is 0 Å². The quantitative estimate of drug-likeness (QED) is 0.704. The highest BCUT2D eigenvalue weighted by molar-refractivity contribution is 5.25. The van der Waals surface area contributed by atoms with Gasteiger partial charge in [-0.15, -0.1) is 0 Å². The summed E-state index contributed by atoms with van der Waals surface area (Å²) in [6.07, 6.45) is 1.08. The Morgan fingerprint density at radius 3 is 2.24 bits per heavy atom. The molecule has 0 bridgehead atoms. The molecular formula is C18H31NO2. The number of benzene rings is 1. The van der Waals surface area contributed by atoms with Crippen molar-refractivity contribution in [2.45, 2.75) is 52.7 Å². The zero-order chi connectivity index (χ0) is 15.7. The highest BCUT2D eigenvalue weighted by Crippen LogP contribution is 2.15. The van der Waals surface area contributed by atoms with Crippen LogP contribution < -0.4 is 5.32 Å². The van der Waals surface area contributed by atoms with Gasteiger partial charge < -0.3 is 14.8 Å². The molecule has 1 unspecified atom stereocenters. The summed E-state index contributed by atoms with van der Waals surface area (Å²) in [4.78, 5) is 0. The molecule has 0 saturated carbocycles. The molecule has 0 aromatic heterocycles. The Hall–Kier alpha value is -0.900. The van der Waals surface area contributed by atoms with Crippen LogP contribution in [0.1, 0.15) is 51.8 Å². The Morgan fingerprint density at radius 1 is 1.05 bits per heavy atom. The molecule has 0 heterocycles. The molecule has 0 spiro atoms. The summed E-state index contributed by atoms with van der Waals surface area (Å²) in [5.74, 6) is 0. The number of nitrogens with one attached hydrogen (secondary N) is 1. The van der Waals surface area contributed by atoms with Crippen LogP contribution in [0, 0.1) is 0 Å². The molecule has 0 radical (unpaired) electrons. The lowest BCUT2D eigenvalue weighted by molar-refractivity contribution is -0.0373. The van der Waals surface area contributed by atoms with E-state index in [1.54, 1.807) is 0 Å². The number of rotatable bonds is 9. The van der Waals surface area contributed by atoms with Gasteiger partial charge in [-0.3, -0.25) is 0 Å². The summed E-state index contributed by atoms with van der Waals surface area (Å²) in [5, 5.41) is 3.48. The maximum Gasteiger partial charge on any atom is 0.0707 e. The molecule has 1 atom stereocenters. The topological polar surface area (TPSA) is 30.5 Å². The van der Waals surface area contributed by atoms with E-state index >= 15 is 0 Å². The second kappa shape index (κ2) is 9.19. The lowest BCUT2D eigenvalue weighted by Crippen LogP contribution is -2.27. The van der Waals surface area contributed by atoms with Gasteiger partial charge in [-0.1, -0.05) is 38.1 Å². The zero-order valence-electron chi connectivity index (χ0n) is 14.2. The Labute approximate surface area is 130 Å². The van der Waals surface area contributed by atoms with E-state index in [2.05, 4.69) is 64.2 Å². The van der Waals surface area contributed by atoms with E-state index in [9.17, 15) is 0 Å². The van der Waals surface area contributed by atoms with Crippen molar-refractivity contribution in [3.63, 3.8) is 0 Å². The fourth-order valence-electron chi connectivity index (χ4n) is 2.11. The first-order chi connectivity index (χ1) is 9.96. The van der Waals surface area contributed by atoms with E-state index in [-0.39, 0.29) is 11.6 Å². The SMILES string of the molecule is CCNC(COCCOC(C)(C)C)c1ccc(CC)cc1. The molecule has 1 aromatic rings. The largest absolute Gasteiger partial charge is 0.377 e. The van der Waals surface area contributed by atoms with Crippen molar-refractivity contribution in [3.8, 4) is 0 Å². The van der Waals surface area contributed by atoms with Gasteiger partial charge in [-0.2, -0.15) is 0 Å². The van der Waals surface area contributed by atoms with Gasteiger partial charge >= 0.3 is 0 Å². The minimum absolute atomic E-state index is 0.0968. The lowest BCUT2D eigenvalue weighted by atomic mass is 10.0. The maximum atomic E-state index is 5.77. The molecule has 1 N–H and O–H groups in total. The predicted octanol–water partition coefficient (Wildman–Crippen LogP) is 3.73. The molecule has 21 heavy (non-hydrogen) atoms. The summed E-state index contributed by atoms with van der Waals surface area (Å²) in [6.45, 7) is 13.3. The van der Waals surface area contributed by atoms with Gasteiger partial charge in [0.25, 0.3) is 0 Å². The van der Waals surface area contributed by atoms with Crippen LogP contribution in [-0.4, -0.2) is 32.0 Å². The van der Waals surface area contributed by atoms with Crippen molar-refractivity contribution in [1.29, 1.82) is 0 Å². The van der Waals surface area contributed by atoms with Gasteiger partial charge in [0.2, 0.25) is 0 Å². The molecule has 1 aromatic carbocycles. The number of likely N-dealkylation sites (N-methyl/N-ethyl adjacent to an activating group) is 1. The average molecular weight is 293 g/mol. The van der Waals surface area contributed by atoms with E-state index < -0.39 is 0 Å². The van der Waals surface area contributed by atoms with Crippen molar-refractivity contribution >= 4 is 0 Å². The number of aryl methyl sites for hydroxylation is 1. The monoisotopic (exact) mass is 293 g/mol. The van der Waals surface area contributed by atoms with Crippen LogP contribution in [0.2, 0.25) is 0 Å². The van der Waals surface area contributed by atoms with Gasteiger partial charge in [-0.05, 0) is 44.9 Å². The summed E-state index contributed by atoms with van der Waals surface area (Å²) < 4.78 is 11.4. The summed E-state index contributed by atoms with van der Waals surface area (Å²) in [7, 11) is 0. The van der Waals surface area contributed by atoms with Crippen LogP contribution >= 0.6 is 0 Å². The van der Waals surface area contributed by atoms with Crippen molar-refractivity contribution in [2.75, 3.05) is 26.4 Å². The molecular weight excluding hydrogens is 262 g/mol. The van der Waals surface area contributed by atoms with Crippen molar-refractivity contribution in [1.82, 2.24) is 5.32 Å². The van der Waals surface area contributed by atoms with Crippen LogP contribution in [-0.2, 0) is 15.9 Å². The van der Waals surface area contributed by atoms with Crippen LogP contribution in [0.3, 0.4) is 0 Å². The molecule has 3 heteroatoms. The van der Waals surface area contributed by atoms with Crippen LogP contribution in [0.4, 0.5) is 0 Å². The number of hydrogen-bond donors (Lipinski definition) is 1.